The molecule has 4 rings (SSSR count). The van der Waals surface area contributed by atoms with E-state index in [2.05, 4.69) is 18.7 Å². The quantitative estimate of drug-likeness (QED) is 0.706. The number of nitrogens with zero attached hydrogens (tertiary/aromatic N) is 4. The number of hydrogen-bond donors (Lipinski definition) is 0. The Balaban J connectivity index is 1.29. The Morgan fingerprint density at radius 3 is 2.31 bits per heavy atom. The normalized spacial score (nSPS) is 24.6. The van der Waals surface area contributed by atoms with Crippen molar-refractivity contribution in [2.45, 2.75) is 26.7 Å². The minimum Gasteiger partial charge on any atom is -0.491 e. The number of likely N-dealkylation sites (tertiary alicyclic amines) is 1. The molecule has 174 valence electrons. The summed E-state index contributed by atoms with van der Waals surface area (Å²) < 4.78 is 5.66. The molecule has 1 aromatic rings. The molecule has 1 aromatic carbocycles. The molecule has 3 aliphatic heterocycles. The highest BCUT2D eigenvalue weighted by Crippen LogP contribution is 2.31. The van der Waals surface area contributed by atoms with Gasteiger partial charge in [0.1, 0.15) is 12.3 Å². The zero-order valence-electron chi connectivity index (χ0n) is 19.2. The molecule has 3 aliphatic rings. The summed E-state index contributed by atoms with van der Waals surface area (Å²) >= 11 is 0. The first kappa shape index (κ1) is 22.6. The fourth-order valence-electron chi connectivity index (χ4n) is 5.04. The summed E-state index contributed by atoms with van der Waals surface area (Å²) in [6.45, 7) is 9.33. The molecule has 0 spiro atoms. The van der Waals surface area contributed by atoms with Crippen LogP contribution in [0.1, 0.15) is 26.7 Å². The molecular formula is C24H34N4O4. The molecule has 2 saturated heterocycles. The van der Waals surface area contributed by atoms with Crippen LogP contribution in [0.25, 0.3) is 0 Å². The van der Waals surface area contributed by atoms with Crippen molar-refractivity contribution in [3.63, 3.8) is 0 Å². The number of piperazine rings is 1. The van der Waals surface area contributed by atoms with Crippen LogP contribution in [0, 0.1) is 11.8 Å². The van der Waals surface area contributed by atoms with Crippen LogP contribution >= 0.6 is 0 Å². The van der Waals surface area contributed by atoms with E-state index in [1.807, 2.05) is 29.2 Å². The van der Waals surface area contributed by atoms with E-state index in [1.165, 1.54) is 6.42 Å². The summed E-state index contributed by atoms with van der Waals surface area (Å²) in [7, 11) is 0. The number of fused-ring (bicyclic) bond motifs is 1. The van der Waals surface area contributed by atoms with Crippen LogP contribution in [0.4, 0.5) is 5.69 Å². The smallest absolute Gasteiger partial charge is 0.242 e. The lowest BCUT2D eigenvalue weighted by Crippen LogP contribution is -2.54. The van der Waals surface area contributed by atoms with Gasteiger partial charge in [0, 0.05) is 39.3 Å². The number of carbonyl (C=O) groups is 3. The predicted molar refractivity (Wildman–Crippen MR) is 121 cm³/mol. The molecule has 0 unspecified atom stereocenters. The maximum absolute atomic E-state index is 13.0. The minimum atomic E-state index is -0.0995. The van der Waals surface area contributed by atoms with Crippen molar-refractivity contribution in [1.82, 2.24) is 14.7 Å². The number of hydrogen-bond acceptors (Lipinski definition) is 5. The Bertz CT molecular complexity index is 842. The number of carbonyl (C=O) groups excluding carboxylic acids is 3. The predicted octanol–water partition coefficient (Wildman–Crippen LogP) is 1.45. The van der Waals surface area contributed by atoms with Crippen molar-refractivity contribution in [3.05, 3.63) is 24.3 Å². The molecule has 3 heterocycles. The topological polar surface area (TPSA) is 73.4 Å². The number of rotatable bonds is 4. The number of amides is 3. The average Bonchev–Trinajstić information content (AvgIpc) is 2.92. The first-order valence-corrected chi connectivity index (χ1v) is 11.7. The van der Waals surface area contributed by atoms with E-state index < -0.39 is 0 Å². The van der Waals surface area contributed by atoms with Crippen molar-refractivity contribution < 1.29 is 19.1 Å². The van der Waals surface area contributed by atoms with Gasteiger partial charge in [-0.05, 0) is 30.4 Å². The Morgan fingerprint density at radius 1 is 0.938 bits per heavy atom. The van der Waals surface area contributed by atoms with Crippen molar-refractivity contribution >= 4 is 23.4 Å². The van der Waals surface area contributed by atoms with E-state index in [4.69, 9.17) is 4.74 Å². The Labute approximate surface area is 190 Å². The fourth-order valence-corrected chi connectivity index (χ4v) is 5.04. The molecule has 2 atom stereocenters. The SMILES string of the molecule is C[C@@H]1C[C@@H](C)CN(C(=O)CN2CCN(C(=O)CN3C(=O)CCOc4ccccc43)CC2)C1. The monoisotopic (exact) mass is 442 g/mol. The number of anilines is 1. The van der Waals surface area contributed by atoms with Crippen molar-refractivity contribution in [2.75, 3.05) is 63.9 Å². The van der Waals surface area contributed by atoms with E-state index in [-0.39, 0.29) is 30.7 Å². The third-order valence-corrected chi connectivity index (χ3v) is 6.63. The second-order valence-electron chi connectivity index (χ2n) is 9.45. The van der Waals surface area contributed by atoms with Gasteiger partial charge >= 0.3 is 0 Å². The molecule has 0 aliphatic carbocycles. The van der Waals surface area contributed by atoms with Crippen molar-refractivity contribution in [3.8, 4) is 5.75 Å². The van der Waals surface area contributed by atoms with Gasteiger partial charge in [-0.2, -0.15) is 0 Å². The van der Waals surface area contributed by atoms with E-state index in [0.29, 0.717) is 62.6 Å². The lowest BCUT2D eigenvalue weighted by Gasteiger charge is -2.38. The van der Waals surface area contributed by atoms with Crippen LogP contribution in [0.15, 0.2) is 24.3 Å². The maximum atomic E-state index is 13.0. The molecule has 2 fully saturated rings. The maximum Gasteiger partial charge on any atom is 0.242 e. The Kier molecular flexibility index (Phi) is 6.98. The highest BCUT2D eigenvalue weighted by atomic mass is 16.5. The molecule has 3 amide bonds. The zero-order valence-corrected chi connectivity index (χ0v) is 19.2. The third kappa shape index (κ3) is 5.23. The van der Waals surface area contributed by atoms with Crippen LogP contribution in [-0.4, -0.2) is 91.4 Å². The standard InChI is InChI=1S/C24H34N4O4/c1-18-13-19(2)15-27(14-18)23(30)16-25-8-10-26(11-9-25)24(31)17-28-20-5-3-4-6-21(20)32-12-7-22(28)29/h3-6,18-19H,7-17H2,1-2H3/t18-,19-/m1/s1. The second kappa shape index (κ2) is 9.90. The highest BCUT2D eigenvalue weighted by Gasteiger charge is 2.30. The number of ether oxygens (including phenoxy) is 1. The first-order chi connectivity index (χ1) is 15.4. The number of para-hydroxylation sites is 2. The van der Waals surface area contributed by atoms with Gasteiger partial charge in [-0.1, -0.05) is 26.0 Å². The summed E-state index contributed by atoms with van der Waals surface area (Å²) in [6.07, 6.45) is 1.44. The largest absolute Gasteiger partial charge is 0.491 e. The second-order valence-corrected chi connectivity index (χ2v) is 9.45. The van der Waals surface area contributed by atoms with Crippen LogP contribution in [0.5, 0.6) is 5.75 Å². The van der Waals surface area contributed by atoms with Gasteiger partial charge in [-0.25, -0.2) is 0 Å². The molecule has 0 N–H and O–H groups in total. The van der Waals surface area contributed by atoms with Crippen LogP contribution in [-0.2, 0) is 14.4 Å². The fraction of sp³-hybridized carbons (Fsp3) is 0.625. The third-order valence-electron chi connectivity index (χ3n) is 6.63. The van der Waals surface area contributed by atoms with E-state index in [0.717, 1.165) is 13.1 Å². The van der Waals surface area contributed by atoms with Gasteiger partial charge < -0.3 is 14.5 Å². The van der Waals surface area contributed by atoms with Crippen LogP contribution in [0.2, 0.25) is 0 Å². The van der Waals surface area contributed by atoms with Crippen LogP contribution < -0.4 is 9.64 Å². The van der Waals surface area contributed by atoms with Gasteiger partial charge in [0.15, 0.2) is 0 Å². The van der Waals surface area contributed by atoms with Gasteiger partial charge in [-0.3, -0.25) is 24.2 Å². The van der Waals surface area contributed by atoms with Gasteiger partial charge in [0.2, 0.25) is 17.7 Å². The summed E-state index contributed by atoms with van der Waals surface area (Å²) in [4.78, 5) is 45.8. The molecule has 0 aromatic heterocycles. The number of piperidine rings is 1. The van der Waals surface area contributed by atoms with Crippen LogP contribution in [0.3, 0.4) is 0 Å². The molecule has 8 heteroatoms. The first-order valence-electron chi connectivity index (χ1n) is 11.7. The lowest BCUT2D eigenvalue weighted by molar-refractivity contribution is -0.137. The molecule has 8 nitrogen and oxygen atoms in total. The molecular weight excluding hydrogens is 408 g/mol. The van der Waals surface area contributed by atoms with Gasteiger partial charge in [0.05, 0.1) is 25.3 Å². The van der Waals surface area contributed by atoms with E-state index >= 15 is 0 Å². The summed E-state index contributed by atoms with van der Waals surface area (Å²) in [6, 6.07) is 7.35. The van der Waals surface area contributed by atoms with E-state index in [9.17, 15) is 14.4 Å². The van der Waals surface area contributed by atoms with Crippen molar-refractivity contribution in [1.29, 1.82) is 0 Å². The Hall–Kier alpha value is -2.61. The Morgan fingerprint density at radius 2 is 1.59 bits per heavy atom. The van der Waals surface area contributed by atoms with Gasteiger partial charge in [0.25, 0.3) is 0 Å². The number of benzene rings is 1. The lowest BCUT2D eigenvalue weighted by atomic mass is 9.92. The van der Waals surface area contributed by atoms with Gasteiger partial charge in [-0.15, -0.1) is 0 Å². The summed E-state index contributed by atoms with van der Waals surface area (Å²) in [5, 5.41) is 0. The minimum absolute atomic E-state index is 0.0156. The molecule has 0 radical (unpaired) electrons. The molecule has 0 bridgehead atoms. The average molecular weight is 443 g/mol. The zero-order chi connectivity index (χ0) is 22.7. The highest BCUT2D eigenvalue weighted by molar-refractivity contribution is 6.00. The molecule has 0 saturated carbocycles. The summed E-state index contributed by atoms with van der Waals surface area (Å²) in [5.41, 5.74) is 0.651. The van der Waals surface area contributed by atoms with Crippen molar-refractivity contribution in [2.24, 2.45) is 11.8 Å². The molecule has 32 heavy (non-hydrogen) atoms. The van der Waals surface area contributed by atoms with E-state index in [1.54, 1.807) is 9.80 Å². The summed E-state index contributed by atoms with van der Waals surface area (Å²) in [5.74, 6) is 1.76.